The number of halogens is 9. The summed E-state index contributed by atoms with van der Waals surface area (Å²) in [5.74, 6) is 0. The summed E-state index contributed by atoms with van der Waals surface area (Å²) in [6.45, 7) is 0. The molecular weight excluding hydrogens is 303 g/mol. The number of rotatable bonds is 1. The first kappa shape index (κ1) is 16.4. The van der Waals surface area contributed by atoms with Crippen molar-refractivity contribution in [3.05, 3.63) is 41.0 Å². The van der Waals surface area contributed by atoms with Crippen LogP contribution in [0.5, 0.6) is 0 Å². The van der Waals surface area contributed by atoms with E-state index in [-0.39, 0.29) is 18.2 Å². The molecule has 20 heavy (non-hydrogen) atoms. The topological polar surface area (TPSA) is 0 Å². The molecule has 0 spiro atoms. The summed E-state index contributed by atoms with van der Waals surface area (Å²) in [7, 11) is 0. The van der Waals surface area contributed by atoms with Gasteiger partial charge in [0.15, 0.2) is 0 Å². The van der Waals surface area contributed by atoms with Gasteiger partial charge in [-0.1, -0.05) is 6.07 Å². The standard InChI is InChI=1S/C11H5F9/c12-9(13,14)4-3-6-1-2-7(10(15,16)17)5-8(6)11(18,19)20/h1-5H. The van der Waals surface area contributed by atoms with Crippen molar-refractivity contribution >= 4 is 6.08 Å². The molecule has 0 fully saturated rings. The van der Waals surface area contributed by atoms with Crippen LogP contribution < -0.4 is 0 Å². The van der Waals surface area contributed by atoms with E-state index in [1.165, 1.54) is 0 Å². The lowest BCUT2D eigenvalue weighted by Crippen LogP contribution is -2.12. The second-order valence-corrected chi connectivity index (χ2v) is 3.67. The number of hydrogen-bond acceptors (Lipinski definition) is 0. The molecule has 1 aromatic carbocycles. The lowest BCUT2D eigenvalue weighted by atomic mass is 10.0. The molecule has 0 aliphatic heterocycles. The van der Waals surface area contributed by atoms with Crippen LogP contribution >= 0.6 is 0 Å². The third-order valence-electron chi connectivity index (χ3n) is 2.14. The van der Waals surface area contributed by atoms with E-state index in [9.17, 15) is 39.5 Å². The maximum atomic E-state index is 12.6. The Morgan fingerprint density at radius 1 is 0.750 bits per heavy atom. The van der Waals surface area contributed by atoms with Gasteiger partial charge < -0.3 is 0 Å². The predicted octanol–water partition coefficient (Wildman–Crippen LogP) is 5.30. The van der Waals surface area contributed by atoms with Crippen LogP contribution in [0.4, 0.5) is 39.5 Å². The summed E-state index contributed by atoms with van der Waals surface area (Å²) < 4.78 is 110. The molecule has 0 atom stereocenters. The highest BCUT2D eigenvalue weighted by Crippen LogP contribution is 2.38. The Balaban J connectivity index is 3.36. The van der Waals surface area contributed by atoms with Gasteiger partial charge in [-0.3, -0.25) is 0 Å². The van der Waals surface area contributed by atoms with Crippen molar-refractivity contribution in [2.75, 3.05) is 0 Å². The van der Waals surface area contributed by atoms with Crippen molar-refractivity contribution in [1.82, 2.24) is 0 Å². The van der Waals surface area contributed by atoms with E-state index in [2.05, 4.69) is 0 Å². The average Bonchev–Trinajstić information content (AvgIpc) is 2.22. The first-order valence-corrected chi connectivity index (χ1v) is 4.85. The first-order chi connectivity index (χ1) is 8.81. The summed E-state index contributed by atoms with van der Waals surface area (Å²) in [6, 6.07) is 0.398. The molecule has 0 saturated carbocycles. The van der Waals surface area contributed by atoms with E-state index in [4.69, 9.17) is 0 Å². The van der Waals surface area contributed by atoms with E-state index < -0.39 is 41.3 Å². The zero-order chi connectivity index (χ0) is 15.8. The molecule has 0 radical (unpaired) electrons. The smallest absolute Gasteiger partial charge is 0.167 e. The maximum Gasteiger partial charge on any atom is 0.417 e. The third kappa shape index (κ3) is 4.46. The highest BCUT2D eigenvalue weighted by molar-refractivity contribution is 5.56. The molecule has 0 N–H and O–H groups in total. The van der Waals surface area contributed by atoms with Gasteiger partial charge in [-0.2, -0.15) is 39.5 Å². The molecule has 0 unspecified atom stereocenters. The van der Waals surface area contributed by atoms with Crippen molar-refractivity contribution in [1.29, 1.82) is 0 Å². The molecular formula is C11H5F9. The molecule has 0 bridgehead atoms. The van der Waals surface area contributed by atoms with E-state index in [0.717, 1.165) is 0 Å². The minimum absolute atomic E-state index is 0.0724. The van der Waals surface area contributed by atoms with Crippen molar-refractivity contribution in [3.8, 4) is 0 Å². The number of hydrogen-bond donors (Lipinski definition) is 0. The van der Waals surface area contributed by atoms with E-state index in [0.29, 0.717) is 6.07 Å². The van der Waals surface area contributed by atoms with Gasteiger partial charge in [0.2, 0.25) is 0 Å². The largest absolute Gasteiger partial charge is 0.417 e. The summed E-state index contributed by atoms with van der Waals surface area (Å²) in [5.41, 5.74) is -4.37. The van der Waals surface area contributed by atoms with Gasteiger partial charge in [0.1, 0.15) is 0 Å². The molecule has 112 valence electrons. The van der Waals surface area contributed by atoms with Crippen LogP contribution in [0.25, 0.3) is 6.08 Å². The molecule has 0 nitrogen and oxygen atoms in total. The molecule has 0 aliphatic carbocycles. The highest BCUT2D eigenvalue weighted by atomic mass is 19.4. The Bertz CT molecular complexity index is 502. The van der Waals surface area contributed by atoms with Gasteiger partial charge in [-0.15, -0.1) is 0 Å². The second-order valence-electron chi connectivity index (χ2n) is 3.67. The quantitative estimate of drug-likeness (QED) is 0.618. The minimum Gasteiger partial charge on any atom is -0.167 e. The van der Waals surface area contributed by atoms with Crippen molar-refractivity contribution in [2.45, 2.75) is 18.5 Å². The van der Waals surface area contributed by atoms with Gasteiger partial charge >= 0.3 is 18.5 Å². The summed E-state index contributed by atoms with van der Waals surface area (Å²) >= 11 is 0. The van der Waals surface area contributed by atoms with E-state index >= 15 is 0 Å². The zero-order valence-electron chi connectivity index (χ0n) is 9.29. The van der Waals surface area contributed by atoms with Gasteiger partial charge in [-0.25, -0.2) is 0 Å². The first-order valence-electron chi connectivity index (χ1n) is 4.85. The molecule has 9 heteroatoms. The number of alkyl halides is 9. The monoisotopic (exact) mass is 308 g/mol. The van der Waals surface area contributed by atoms with Crippen LogP contribution in [0, 0.1) is 0 Å². The van der Waals surface area contributed by atoms with Gasteiger partial charge in [0.05, 0.1) is 11.1 Å². The van der Waals surface area contributed by atoms with Crippen LogP contribution in [0.1, 0.15) is 16.7 Å². The minimum atomic E-state index is -5.20. The van der Waals surface area contributed by atoms with E-state index in [1.807, 2.05) is 0 Å². The Labute approximate surface area is 106 Å². The number of benzene rings is 1. The van der Waals surface area contributed by atoms with Gasteiger partial charge in [0, 0.05) is 6.08 Å². The summed E-state index contributed by atoms with van der Waals surface area (Å²) in [5, 5.41) is 0. The Morgan fingerprint density at radius 2 is 1.30 bits per heavy atom. The Hall–Kier alpha value is -1.67. The SMILES string of the molecule is FC(F)(F)C=Cc1ccc(C(F)(F)F)cc1C(F)(F)F. The molecule has 0 aliphatic rings. The lowest BCUT2D eigenvalue weighted by Gasteiger charge is -2.14. The van der Waals surface area contributed by atoms with Crippen molar-refractivity contribution in [2.24, 2.45) is 0 Å². The van der Waals surface area contributed by atoms with Gasteiger partial charge in [0.25, 0.3) is 0 Å². The summed E-state index contributed by atoms with van der Waals surface area (Å²) in [4.78, 5) is 0. The highest BCUT2D eigenvalue weighted by Gasteiger charge is 2.37. The Morgan fingerprint density at radius 3 is 1.70 bits per heavy atom. The van der Waals surface area contributed by atoms with Crippen molar-refractivity contribution in [3.63, 3.8) is 0 Å². The molecule has 1 aromatic rings. The molecule has 0 amide bonds. The van der Waals surface area contributed by atoms with Gasteiger partial charge in [-0.05, 0) is 23.8 Å². The number of allylic oxidation sites excluding steroid dienone is 1. The fourth-order valence-corrected chi connectivity index (χ4v) is 1.31. The lowest BCUT2D eigenvalue weighted by molar-refractivity contribution is -0.143. The van der Waals surface area contributed by atoms with Crippen LogP contribution in [0.3, 0.4) is 0 Å². The second kappa shape index (κ2) is 5.02. The van der Waals surface area contributed by atoms with Crippen LogP contribution in [-0.4, -0.2) is 6.18 Å². The molecule has 1 rings (SSSR count). The third-order valence-corrected chi connectivity index (χ3v) is 2.14. The fourth-order valence-electron chi connectivity index (χ4n) is 1.31. The fraction of sp³-hybridized carbons (Fsp3) is 0.273. The zero-order valence-corrected chi connectivity index (χ0v) is 9.29. The predicted molar refractivity (Wildman–Crippen MR) is 51.5 cm³/mol. The molecule has 0 aromatic heterocycles. The Kier molecular flexibility index (Phi) is 4.12. The average molecular weight is 308 g/mol. The summed E-state index contributed by atoms with van der Waals surface area (Å²) in [6.07, 6.45) is -15.5. The van der Waals surface area contributed by atoms with Crippen LogP contribution in [-0.2, 0) is 12.4 Å². The normalized spacial score (nSPS) is 14.1. The van der Waals surface area contributed by atoms with Crippen LogP contribution in [0.15, 0.2) is 24.3 Å². The molecule has 0 saturated heterocycles. The van der Waals surface area contributed by atoms with Crippen molar-refractivity contribution < 1.29 is 39.5 Å². The van der Waals surface area contributed by atoms with Crippen LogP contribution in [0.2, 0.25) is 0 Å². The van der Waals surface area contributed by atoms with E-state index in [1.54, 1.807) is 0 Å². The maximum absolute atomic E-state index is 12.6. The molecule has 0 heterocycles.